The molecular weight excluding hydrogens is 226 g/mol. The molecule has 1 atom stereocenters. The van der Waals surface area contributed by atoms with E-state index >= 15 is 0 Å². The highest BCUT2D eigenvalue weighted by Gasteiger charge is 2.52. The first-order valence-electron chi connectivity index (χ1n) is 7.37. The maximum Gasteiger partial charge on any atom is 0.305 e. The monoisotopic (exact) mass is 251 g/mol. The van der Waals surface area contributed by atoms with Gasteiger partial charge in [-0.3, -0.25) is 4.79 Å². The Kier molecular flexibility index (Phi) is 2.74. The summed E-state index contributed by atoms with van der Waals surface area (Å²) in [4.78, 5) is 10.9. The molecule has 0 aromatic heterocycles. The van der Waals surface area contributed by atoms with Crippen LogP contribution in [0, 0.1) is 23.2 Å². The largest absolute Gasteiger partial charge is 0.481 e. The van der Waals surface area contributed by atoms with Crippen LogP contribution in [0.5, 0.6) is 0 Å². The number of aliphatic carboxylic acids is 1. The summed E-state index contributed by atoms with van der Waals surface area (Å²) in [7, 11) is 0. The van der Waals surface area contributed by atoms with Crippen molar-refractivity contribution >= 4 is 5.97 Å². The smallest absolute Gasteiger partial charge is 0.305 e. The van der Waals surface area contributed by atoms with Gasteiger partial charge < -0.3 is 10.8 Å². The number of rotatable bonds is 4. The summed E-state index contributed by atoms with van der Waals surface area (Å²) >= 11 is 0. The van der Waals surface area contributed by atoms with E-state index in [0.29, 0.717) is 5.41 Å². The van der Waals surface area contributed by atoms with Crippen LogP contribution in [0.3, 0.4) is 0 Å². The molecule has 0 aliphatic heterocycles. The Bertz CT molecular complexity index is 326. The highest BCUT2D eigenvalue weighted by Crippen LogP contribution is 2.62. The van der Waals surface area contributed by atoms with Gasteiger partial charge in [-0.05, 0) is 75.0 Å². The summed E-state index contributed by atoms with van der Waals surface area (Å²) in [5.41, 5.74) is 6.11. The normalized spacial score (nSPS) is 44.9. The number of hydrogen-bond acceptors (Lipinski definition) is 2. The molecule has 4 aliphatic carbocycles. The molecule has 18 heavy (non-hydrogen) atoms. The van der Waals surface area contributed by atoms with Gasteiger partial charge in [-0.25, -0.2) is 0 Å². The van der Waals surface area contributed by atoms with Crippen LogP contribution >= 0.6 is 0 Å². The maximum absolute atomic E-state index is 10.9. The summed E-state index contributed by atoms with van der Waals surface area (Å²) in [5.74, 6) is 1.98. The van der Waals surface area contributed by atoms with Crippen molar-refractivity contribution in [2.45, 2.75) is 63.8 Å². The summed E-state index contributed by atoms with van der Waals surface area (Å²) in [6.45, 7) is 1.93. The van der Waals surface area contributed by atoms with Gasteiger partial charge in [-0.2, -0.15) is 0 Å². The number of nitrogens with two attached hydrogens (primary N) is 1. The van der Waals surface area contributed by atoms with Crippen molar-refractivity contribution in [3.8, 4) is 0 Å². The van der Waals surface area contributed by atoms with Gasteiger partial charge in [0.25, 0.3) is 0 Å². The van der Waals surface area contributed by atoms with E-state index in [4.69, 9.17) is 10.8 Å². The maximum atomic E-state index is 10.9. The zero-order chi connectivity index (χ0) is 13.0. The van der Waals surface area contributed by atoms with Crippen LogP contribution in [-0.2, 0) is 4.79 Å². The van der Waals surface area contributed by atoms with Gasteiger partial charge in [0.05, 0.1) is 6.42 Å². The second-order valence-electron chi connectivity index (χ2n) is 7.82. The lowest BCUT2D eigenvalue weighted by atomic mass is 9.47. The second-order valence-corrected chi connectivity index (χ2v) is 7.82. The summed E-state index contributed by atoms with van der Waals surface area (Å²) in [6.07, 6.45) is 9.24. The minimum Gasteiger partial charge on any atom is -0.481 e. The first-order chi connectivity index (χ1) is 8.36. The van der Waals surface area contributed by atoms with Crippen LogP contribution in [-0.4, -0.2) is 16.6 Å². The van der Waals surface area contributed by atoms with E-state index in [1.54, 1.807) is 0 Å². The molecule has 4 saturated carbocycles. The predicted octanol–water partition coefficient (Wildman–Crippen LogP) is 2.79. The fraction of sp³-hybridized carbons (Fsp3) is 0.933. The molecule has 3 heteroatoms. The van der Waals surface area contributed by atoms with Gasteiger partial charge in [0.2, 0.25) is 0 Å². The van der Waals surface area contributed by atoms with Crippen molar-refractivity contribution in [2.75, 3.05) is 0 Å². The molecule has 1 unspecified atom stereocenters. The van der Waals surface area contributed by atoms with E-state index in [9.17, 15) is 4.79 Å². The van der Waals surface area contributed by atoms with Crippen molar-refractivity contribution in [3.63, 3.8) is 0 Å². The van der Waals surface area contributed by atoms with Crippen molar-refractivity contribution in [2.24, 2.45) is 28.9 Å². The lowest BCUT2D eigenvalue weighted by Gasteiger charge is -2.58. The van der Waals surface area contributed by atoms with Gasteiger partial charge in [0, 0.05) is 5.54 Å². The Labute approximate surface area is 109 Å². The van der Waals surface area contributed by atoms with E-state index in [1.165, 1.54) is 38.5 Å². The van der Waals surface area contributed by atoms with Crippen molar-refractivity contribution in [1.82, 2.24) is 0 Å². The molecule has 0 amide bonds. The minimum absolute atomic E-state index is 0.106. The Morgan fingerprint density at radius 1 is 1.22 bits per heavy atom. The molecule has 4 rings (SSSR count). The van der Waals surface area contributed by atoms with Crippen LogP contribution in [0.4, 0.5) is 0 Å². The number of carboxylic acids is 1. The van der Waals surface area contributed by atoms with E-state index < -0.39 is 11.5 Å². The summed E-state index contributed by atoms with van der Waals surface area (Å²) in [6, 6.07) is 0. The van der Waals surface area contributed by atoms with Crippen LogP contribution < -0.4 is 5.73 Å². The first-order valence-corrected chi connectivity index (χ1v) is 7.37. The zero-order valence-corrected chi connectivity index (χ0v) is 11.3. The van der Waals surface area contributed by atoms with Crippen molar-refractivity contribution < 1.29 is 9.90 Å². The van der Waals surface area contributed by atoms with Crippen LogP contribution in [0.1, 0.15) is 58.3 Å². The fourth-order valence-corrected chi connectivity index (χ4v) is 5.77. The molecule has 4 fully saturated rings. The molecule has 3 N–H and O–H groups in total. The lowest BCUT2D eigenvalue weighted by Crippen LogP contribution is -2.52. The minimum atomic E-state index is -0.760. The zero-order valence-electron chi connectivity index (χ0n) is 11.3. The molecule has 0 radical (unpaired) electrons. The third-order valence-corrected chi connectivity index (χ3v) is 5.50. The fourth-order valence-electron chi connectivity index (χ4n) is 5.77. The average molecular weight is 251 g/mol. The third-order valence-electron chi connectivity index (χ3n) is 5.50. The molecule has 0 heterocycles. The molecule has 102 valence electrons. The molecule has 4 aliphatic rings. The van der Waals surface area contributed by atoms with Gasteiger partial charge in [0.15, 0.2) is 0 Å². The number of hydrogen-bond donors (Lipinski definition) is 2. The van der Waals surface area contributed by atoms with E-state index in [1.807, 2.05) is 6.92 Å². The topological polar surface area (TPSA) is 63.3 Å². The highest BCUT2D eigenvalue weighted by molar-refractivity contribution is 5.68. The molecule has 0 aromatic carbocycles. The van der Waals surface area contributed by atoms with Crippen molar-refractivity contribution in [1.29, 1.82) is 0 Å². The summed E-state index contributed by atoms with van der Waals surface area (Å²) in [5, 5.41) is 8.98. The van der Waals surface area contributed by atoms with Crippen LogP contribution in [0.25, 0.3) is 0 Å². The molecular formula is C15H25NO2. The number of carboxylic acid groups (broad SMARTS) is 1. The van der Waals surface area contributed by atoms with Crippen molar-refractivity contribution in [3.05, 3.63) is 0 Å². The molecule has 0 spiro atoms. The van der Waals surface area contributed by atoms with Gasteiger partial charge in [0.1, 0.15) is 0 Å². The Hall–Kier alpha value is -0.570. The SMILES string of the molecule is CC(N)(CC(=O)O)CC12CC3CC(CC(C3)C1)C2. The quantitative estimate of drug-likeness (QED) is 0.807. The molecule has 0 saturated heterocycles. The highest BCUT2D eigenvalue weighted by atomic mass is 16.4. The standard InChI is InChI=1S/C15H25NO2/c1-14(16,8-13(17)18)9-15-5-10-2-11(6-15)4-12(3-10)7-15/h10-12H,2-9,16H2,1H3,(H,17,18). The summed E-state index contributed by atoms with van der Waals surface area (Å²) < 4.78 is 0. The molecule has 3 nitrogen and oxygen atoms in total. The van der Waals surface area contributed by atoms with Gasteiger partial charge in [-0.15, -0.1) is 0 Å². The first kappa shape index (κ1) is 12.5. The van der Waals surface area contributed by atoms with E-state index in [0.717, 1.165) is 24.2 Å². The Balaban J connectivity index is 1.74. The van der Waals surface area contributed by atoms with Gasteiger partial charge in [-0.1, -0.05) is 0 Å². The van der Waals surface area contributed by atoms with Crippen LogP contribution in [0.2, 0.25) is 0 Å². The second kappa shape index (κ2) is 3.96. The van der Waals surface area contributed by atoms with E-state index in [2.05, 4.69) is 0 Å². The Morgan fingerprint density at radius 2 is 1.67 bits per heavy atom. The average Bonchev–Trinajstić information content (AvgIpc) is 2.09. The van der Waals surface area contributed by atoms with E-state index in [-0.39, 0.29) is 6.42 Å². The van der Waals surface area contributed by atoms with Crippen LogP contribution in [0.15, 0.2) is 0 Å². The molecule has 0 aromatic rings. The van der Waals surface area contributed by atoms with Gasteiger partial charge >= 0.3 is 5.97 Å². The molecule has 4 bridgehead atoms. The Morgan fingerprint density at radius 3 is 2.06 bits per heavy atom. The number of carbonyl (C=O) groups is 1. The third kappa shape index (κ3) is 2.29. The predicted molar refractivity (Wildman–Crippen MR) is 70.1 cm³/mol. The lowest BCUT2D eigenvalue weighted by molar-refractivity contribution is -0.139.